The standard InChI is InChI=1S/C18H18O8/c1-18(23)12-11(10(16(21)24-2)8-25-17(12)22)13(19)14(18)26-15(20)9-6-4-3-5-7-9/h3-8,11-14,19,23H,1-2H3/t11-,12-,13+,14+,18-/m1/s1. The molecule has 1 aromatic rings. The molecule has 1 aliphatic heterocycles. The fourth-order valence-electron chi connectivity index (χ4n) is 3.54. The Hall–Kier alpha value is -2.71. The zero-order valence-corrected chi connectivity index (χ0v) is 14.1. The molecule has 0 radical (unpaired) electrons. The zero-order chi connectivity index (χ0) is 19.1. The van der Waals surface area contributed by atoms with Crippen LogP contribution in [0.15, 0.2) is 42.2 Å². The number of ether oxygens (including phenoxy) is 3. The molecule has 0 saturated heterocycles. The van der Waals surface area contributed by atoms with Crippen molar-refractivity contribution in [3.63, 3.8) is 0 Å². The van der Waals surface area contributed by atoms with Crippen LogP contribution in [-0.2, 0) is 23.8 Å². The van der Waals surface area contributed by atoms with Gasteiger partial charge >= 0.3 is 17.9 Å². The summed E-state index contributed by atoms with van der Waals surface area (Å²) in [4.78, 5) is 36.4. The maximum absolute atomic E-state index is 12.3. The number of hydrogen-bond donors (Lipinski definition) is 2. The Bertz CT molecular complexity index is 767. The first-order chi connectivity index (χ1) is 12.3. The van der Waals surface area contributed by atoms with E-state index in [0.29, 0.717) is 0 Å². The van der Waals surface area contributed by atoms with Gasteiger partial charge in [-0.15, -0.1) is 0 Å². The average Bonchev–Trinajstić information content (AvgIpc) is 2.83. The number of esters is 3. The first kappa shape index (κ1) is 18.1. The quantitative estimate of drug-likeness (QED) is 0.577. The molecule has 2 N–H and O–H groups in total. The van der Waals surface area contributed by atoms with Crippen LogP contribution >= 0.6 is 0 Å². The number of methoxy groups -OCH3 is 1. The van der Waals surface area contributed by atoms with Gasteiger partial charge in [-0.05, 0) is 19.1 Å². The molecule has 1 aliphatic carbocycles. The van der Waals surface area contributed by atoms with Gasteiger partial charge in [-0.1, -0.05) is 18.2 Å². The van der Waals surface area contributed by atoms with Gasteiger partial charge in [0.15, 0.2) is 6.10 Å². The van der Waals surface area contributed by atoms with E-state index in [1.54, 1.807) is 18.2 Å². The molecule has 3 rings (SSSR count). The fraction of sp³-hybridized carbons (Fsp3) is 0.389. The lowest BCUT2D eigenvalue weighted by Gasteiger charge is -2.31. The number of carbonyl (C=O) groups is 3. The number of benzene rings is 1. The highest BCUT2D eigenvalue weighted by molar-refractivity contribution is 5.93. The molecule has 8 heteroatoms. The topological polar surface area (TPSA) is 119 Å². The summed E-state index contributed by atoms with van der Waals surface area (Å²) in [6, 6.07) is 8.01. The number of fused-ring (bicyclic) bond motifs is 1. The Morgan fingerprint density at radius 1 is 1.19 bits per heavy atom. The Balaban J connectivity index is 1.93. The van der Waals surface area contributed by atoms with Crippen molar-refractivity contribution in [1.82, 2.24) is 0 Å². The van der Waals surface area contributed by atoms with E-state index in [1.807, 2.05) is 0 Å². The molecule has 0 aromatic heterocycles. The molecule has 0 bridgehead atoms. The summed E-state index contributed by atoms with van der Waals surface area (Å²) in [5.74, 6) is -4.81. The molecule has 0 unspecified atom stereocenters. The van der Waals surface area contributed by atoms with Crippen LogP contribution in [0.5, 0.6) is 0 Å². The third-order valence-corrected chi connectivity index (χ3v) is 4.82. The minimum absolute atomic E-state index is 0.108. The van der Waals surface area contributed by atoms with Crippen molar-refractivity contribution in [3.8, 4) is 0 Å². The smallest absolute Gasteiger partial charge is 0.338 e. The van der Waals surface area contributed by atoms with E-state index in [9.17, 15) is 24.6 Å². The summed E-state index contributed by atoms with van der Waals surface area (Å²) >= 11 is 0. The van der Waals surface area contributed by atoms with Crippen LogP contribution in [0.25, 0.3) is 0 Å². The monoisotopic (exact) mass is 362 g/mol. The third-order valence-electron chi connectivity index (χ3n) is 4.82. The van der Waals surface area contributed by atoms with Crippen LogP contribution in [0.3, 0.4) is 0 Å². The van der Waals surface area contributed by atoms with Crippen LogP contribution in [0.1, 0.15) is 17.3 Å². The van der Waals surface area contributed by atoms with E-state index in [2.05, 4.69) is 4.74 Å². The normalized spacial score (nSPS) is 32.9. The molecule has 26 heavy (non-hydrogen) atoms. The molecular weight excluding hydrogens is 344 g/mol. The largest absolute Gasteiger partial charge is 0.466 e. The second-order valence-corrected chi connectivity index (χ2v) is 6.41. The lowest BCUT2D eigenvalue weighted by Crippen LogP contribution is -2.48. The highest BCUT2D eigenvalue weighted by atomic mass is 16.6. The number of rotatable bonds is 3. The number of aliphatic hydroxyl groups is 2. The molecule has 2 aliphatic rings. The first-order valence-corrected chi connectivity index (χ1v) is 7.94. The van der Waals surface area contributed by atoms with Crippen LogP contribution < -0.4 is 0 Å². The molecule has 1 heterocycles. The predicted octanol–water partition coefficient (Wildman–Crippen LogP) is 0.184. The summed E-state index contributed by atoms with van der Waals surface area (Å²) in [7, 11) is 1.14. The van der Waals surface area contributed by atoms with Crippen molar-refractivity contribution < 1.29 is 38.8 Å². The summed E-state index contributed by atoms with van der Waals surface area (Å²) in [6.45, 7) is 1.26. The Morgan fingerprint density at radius 2 is 1.85 bits per heavy atom. The maximum Gasteiger partial charge on any atom is 0.338 e. The van der Waals surface area contributed by atoms with E-state index < -0.39 is 47.6 Å². The minimum Gasteiger partial charge on any atom is -0.466 e. The van der Waals surface area contributed by atoms with Gasteiger partial charge < -0.3 is 24.4 Å². The van der Waals surface area contributed by atoms with Crippen molar-refractivity contribution in [2.45, 2.75) is 24.7 Å². The van der Waals surface area contributed by atoms with Crippen molar-refractivity contribution in [2.75, 3.05) is 7.11 Å². The van der Waals surface area contributed by atoms with Crippen LogP contribution in [0.4, 0.5) is 0 Å². The zero-order valence-electron chi connectivity index (χ0n) is 14.1. The molecule has 1 aromatic carbocycles. The highest BCUT2D eigenvalue weighted by Gasteiger charge is 2.65. The molecule has 138 valence electrons. The van der Waals surface area contributed by atoms with Crippen molar-refractivity contribution in [2.24, 2.45) is 11.8 Å². The molecule has 0 amide bonds. The minimum atomic E-state index is -1.95. The molecular formula is C18H18O8. The lowest BCUT2D eigenvalue weighted by molar-refractivity contribution is -0.159. The number of carbonyl (C=O) groups excluding carboxylic acids is 3. The molecule has 1 saturated carbocycles. The van der Waals surface area contributed by atoms with Crippen molar-refractivity contribution in [1.29, 1.82) is 0 Å². The van der Waals surface area contributed by atoms with Gasteiger partial charge in [-0.3, -0.25) is 4.79 Å². The lowest BCUT2D eigenvalue weighted by atomic mass is 9.81. The fourth-order valence-corrected chi connectivity index (χ4v) is 3.54. The number of aliphatic hydroxyl groups excluding tert-OH is 1. The van der Waals surface area contributed by atoms with E-state index in [-0.39, 0.29) is 11.1 Å². The first-order valence-electron chi connectivity index (χ1n) is 7.94. The van der Waals surface area contributed by atoms with Gasteiger partial charge in [0.05, 0.1) is 24.2 Å². The predicted molar refractivity (Wildman–Crippen MR) is 85.4 cm³/mol. The van der Waals surface area contributed by atoms with Crippen LogP contribution in [0, 0.1) is 11.8 Å². The molecule has 1 fully saturated rings. The molecule has 5 atom stereocenters. The second kappa shape index (κ2) is 6.54. The van der Waals surface area contributed by atoms with E-state index in [0.717, 1.165) is 13.4 Å². The second-order valence-electron chi connectivity index (χ2n) is 6.41. The van der Waals surface area contributed by atoms with Gasteiger partial charge in [0.2, 0.25) is 0 Å². The average molecular weight is 362 g/mol. The van der Waals surface area contributed by atoms with Crippen molar-refractivity contribution >= 4 is 17.9 Å². The number of cyclic esters (lactones) is 1. The summed E-state index contributed by atoms with van der Waals surface area (Å²) in [6.07, 6.45) is -2.04. The van der Waals surface area contributed by atoms with Gasteiger partial charge in [-0.25, -0.2) is 9.59 Å². The van der Waals surface area contributed by atoms with Gasteiger partial charge in [0.25, 0.3) is 0 Å². The van der Waals surface area contributed by atoms with Gasteiger partial charge in [0.1, 0.15) is 18.0 Å². The molecule has 0 spiro atoms. The Morgan fingerprint density at radius 3 is 2.46 bits per heavy atom. The van der Waals surface area contributed by atoms with E-state index in [4.69, 9.17) is 9.47 Å². The van der Waals surface area contributed by atoms with Gasteiger partial charge in [-0.2, -0.15) is 0 Å². The number of hydrogen-bond acceptors (Lipinski definition) is 8. The van der Waals surface area contributed by atoms with E-state index >= 15 is 0 Å². The Labute approximate surface area is 149 Å². The summed E-state index contributed by atoms with van der Waals surface area (Å²) in [5, 5.41) is 21.5. The summed E-state index contributed by atoms with van der Waals surface area (Å²) in [5.41, 5.74) is -1.83. The SMILES string of the molecule is COC(=O)C1=COC(=O)[C@H]2[C@@H]1[C@H](O)[C@H](OC(=O)c1ccccc1)[C@]2(C)O. The van der Waals surface area contributed by atoms with E-state index in [1.165, 1.54) is 19.1 Å². The third kappa shape index (κ3) is 2.77. The highest BCUT2D eigenvalue weighted by Crippen LogP contribution is 2.48. The summed E-state index contributed by atoms with van der Waals surface area (Å²) < 4.78 is 14.8. The Kier molecular flexibility index (Phi) is 4.55. The van der Waals surface area contributed by atoms with Gasteiger partial charge in [0, 0.05) is 5.92 Å². The maximum atomic E-state index is 12.3. The van der Waals surface area contributed by atoms with Crippen molar-refractivity contribution in [3.05, 3.63) is 47.7 Å². The van der Waals surface area contributed by atoms with Crippen LogP contribution in [0.2, 0.25) is 0 Å². The van der Waals surface area contributed by atoms with Crippen LogP contribution in [-0.4, -0.2) is 53.0 Å². The molecule has 8 nitrogen and oxygen atoms in total.